The van der Waals surface area contributed by atoms with Crippen LogP contribution in [0.5, 0.6) is 0 Å². The van der Waals surface area contributed by atoms with Crippen LogP contribution in [-0.4, -0.2) is 6.00 Å². The van der Waals surface area contributed by atoms with Crippen molar-refractivity contribution in [3.63, 3.8) is 0 Å². The molecule has 0 heterocycles. The molecule has 0 saturated heterocycles. The molecule has 1 rings (SSSR count). The van der Waals surface area contributed by atoms with Gasteiger partial charge in [0.25, 0.3) is 0 Å². The van der Waals surface area contributed by atoms with Crippen LogP contribution in [0.2, 0.25) is 0 Å². The Hall–Kier alpha value is 0.787. The summed E-state index contributed by atoms with van der Waals surface area (Å²) in [6.07, 6.45) is 0. The highest BCUT2D eigenvalue weighted by Gasteiger charge is 2.27. The van der Waals surface area contributed by atoms with Crippen LogP contribution < -0.4 is 5.19 Å². The first-order valence-corrected chi connectivity index (χ1v) is 8.66. The lowest BCUT2D eigenvalue weighted by atomic mass is 10.4. The van der Waals surface area contributed by atoms with Gasteiger partial charge in [-0.25, -0.2) is 0 Å². The van der Waals surface area contributed by atoms with Crippen molar-refractivity contribution < 1.29 is 0 Å². The molecule has 0 aromatic heterocycles. The quantitative estimate of drug-likeness (QED) is 0.550. The molecular weight excluding hydrogens is 286 g/mol. The Labute approximate surface area is 88.7 Å². The van der Waals surface area contributed by atoms with E-state index >= 15 is 0 Å². The SMILES string of the molecule is Cl[Si](Cl)(Cl)c1cccc(Br)c1. The summed E-state index contributed by atoms with van der Waals surface area (Å²) < 4.78 is 0.939. The summed E-state index contributed by atoms with van der Waals surface area (Å²) in [6, 6.07) is 4.73. The molecule has 0 aliphatic rings. The van der Waals surface area contributed by atoms with E-state index in [1.54, 1.807) is 0 Å². The Morgan fingerprint density at radius 1 is 1.18 bits per heavy atom. The van der Waals surface area contributed by atoms with Gasteiger partial charge in [-0.2, -0.15) is 0 Å². The monoisotopic (exact) mass is 288 g/mol. The summed E-state index contributed by atoms with van der Waals surface area (Å²) in [5, 5.41) is 0.803. The van der Waals surface area contributed by atoms with E-state index in [4.69, 9.17) is 33.2 Å². The first-order chi connectivity index (χ1) is 5.00. The summed E-state index contributed by atoms with van der Waals surface area (Å²) in [5.41, 5.74) is 0. The van der Waals surface area contributed by atoms with Crippen LogP contribution in [-0.2, 0) is 0 Å². The molecule has 11 heavy (non-hydrogen) atoms. The lowest BCUT2D eigenvalue weighted by molar-refractivity contribution is 1.70. The third-order valence-electron chi connectivity index (χ3n) is 1.15. The van der Waals surface area contributed by atoms with Crippen LogP contribution in [0, 0.1) is 0 Å². The zero-order valence-electron chi connectivity index (χ0n) is 5.32. The van der Waals surface area contributed by atoms with Crippen LogP contribution in [0.1, 0.15) is 0 Å². The maximum Gasteiger partial charge on any atom is 0.372 e. The standard InChI is InChI=1S/C6H4BrCl3Si/c7-5-2-1-3-6(4-5)11(8,9)10/h1-4H. The van der Waals surface area contributed by atoms with Crippen molar-refractivity contribution in [2.24, 2.45) is 0 Å². The van der Waals surface area contributed by atoms with E-state index in [1.165, 1.54) is 0 Å². The van der Waals surface area contributed by atoms with E-state index < -0.39 is 6.00 Å². The third kappa shape index (κ3) is 2.96. The second-order valence-corrected chi connectivity index (χ2v) is 11.3. The number of rotatable bonds is 1. The van der Waals surface area contributed by atoms with Crippen molar-refractivity contribution in [1.29, 1.82) is 0 Å². The van der Waals surface area contributed by atoms with Crippen molar-refractivity contribution in [2.75, 3.05) is 0 Å². The topological polar surface area (TPSA) is 0 Å². The summed E-state index contributed by atoms with van der Waals surface area (Å²) in [6.45, 7) is 0. The molecule has 0 radical (unpaired) electrons. The van der Waals surface area contributed by atoms with Gasteiger partial charge < -0.3 is 0 Å². The minimum atomic E-state index is -2.68. The molecule has 0 atom stereocenters. The van der Waals surface area contributed by atoms with Crippen molar-refractivity contribution in [1.82, 2.24) is 0 Å². The zero-order valence-corrected chi connectivity index (χ0v) is 10.2. The molecule has 0 aliphatic carbocycles. The first kappa shape index (κ1) is 9.87. The minimum absolute atomic E-state index is 0.803. The van der Waals surface area contributed by atoms with Gasteiger partial charge in [0.2, 0.25) is 0 Å². The molecule has 0 fully saturated rings. The fourth-order valence-corrected chi connectivity index (χ4v) is 2.94. The van der Waals surface area contributed by atoms with Gasteiger partial charge in [-0.15, -0.1) is 33.2 Å². The average Bonchev–Trinajstić information content (AvgIpc) is 1.86. The van der Waals surface area contributed by atoms with Crippen molar-refractivity contribution in [3.05, 3.63) is 28.7 Å². The van der Waals surface area contributed by atoms with Crippen LogP contribution >= 0.6 is 49.2 Å². The van der Waals surface area contributed by atoms with Gasteiger partial charge in [-0.05, 0) is 17.3 Å². The molecule has 0 saturated carbocycles. The molecule has 0 spiro atoms. The van der Waals surface area contributed by atoms with E-state index in [1.807, 2.05) is 24.3 Å². The molecule has 0 aliphatic heterocycles. The lowest BCUT2D eigenvalue weighted by Gasteiger charge is -2.07. The predicted octanol–water partition coefficient (Wildman–Crippen LogP) is 3.31. The molecule has 0 unspecified atom stereocenters. The predicted molar refractivity (Wildman–Crippen MR) is 57.1 cm³/mol. The molecular formula is C6H4BrCl3Si. The molecule has 1 aromatic carbocycles. The van der Waals surface area contributed by atoms with Gasteiger partial charge in [0.05, 0.1) is 0 Å². The molecule has 60 valence electrons. The molecule has 0 N–H and O–H groups in total. The Bertz CT molecular complexity index is 258. The molecule has 0 bridgehead atoms. The van der Waals surface area contributed by atoms with Gasteiger partial charge in [0.15, 0.2) is 0 Å². The van der Waals surface area contributed by atoms with E-state index in [0.717, 1.165) is 9.66 Å². The van der Waals surface area contributed by atoms with Crippen molar-refractivity contribution in [3.8, 4) is 0 Å². The second kappa shape index (κ2) is 3.67. The fraction of sp³-hybridized carbons (Fsp3) is 0. The molecule has 0 nitrogen and oxygen atoms in total. The smallest absolute Gasteiger partial charge is 0.121 e. The molecule has 5 heteroatoms. The van der Waals surface area contributed by atoms with Gasteiger partial charge in [0, 0.05) is 4.47 Å². The lowest BCUT2D eigenvalue weighted by Crippen LogP contribution is -2.29. The van der Waals surface area contributed by atoms with Gasteiger partial charge in [-0.3, -0.25) is 0 Å². The Balaban J connectivity index is 3.06. The van der Waals surface area contributed by atoms with Crippen molar-refractivity contribution in [2.45, 2.75) is 0 Å². The number of benzene rings is 1. The van der Waals surface area contributed by atoms with E-state index in [0.29, 0.717) is 0 Å². The maximum absolute atomic E-state index is 5.78. The Morgan fingerprint density at radius 3 is 2.18 bits per heavy atom. The highest BCUT2D eigenvalue weighted by Crippen LogP contribution is 2.20. The van der Waals surface area contributed by atoms with Gasteiger partial charge in [-0.1, -0.05) is 28.1 Å². The normalized spacial score (nSPS) is 11.6. The number of hydrogen-bond donors (Lipinski definition) is 0. The van der Waals surface area contributed by atoms with E-state index in [-0.39, 0.29) is 0 Å². The first-order valence-electron chi connectivity index (χ1n) is 2.83. The summed E-state index contributed by atoms with van der Waals surface area (Å²) >= 11 is 20.6. The van der Waals surface area contributed by atoms with Gasteiger partial charge in [0.1, 0.15) is 0 Å². The molecule has 1 aromatic rings. The number of hydrogen-bond acceptors (Lipinski definition) is 0. The van der Waals surface area contributed by atoms with Crippen LogP contribution in [0.4, 0.5) is 0 Å². The third-order valence-corrected chi connectivity index (χ3v) is 4.57. The van der Waals surface area contributed by atoms with E-state index in [9.17, 15) is 0 Å². The summed E-state index contributed by atoms with van der Waals surface area (Å²) in [5.74, 6) is 0. The van der Waals surface area contributed by atoms with Crippen LogP contribution in [0.15, 0.2) is 28.7 Å². The minimum Gasteiger partial charge on any atom is -0.121 e. The van der Waals surface area contributed by atoms with Crippen molar-refractivity contribution >= 4 is 60.4 Å². The summed E-state index contributed by atoms with van der Waals surface area (Å²) in [4.78, 5) is 0. The Kier molecular flexibility index (Phi) is 3.29. The maximum atomic E-state index is 5.78. The van der Waals surface area contributed by atoms with E-state index in [2.05, 4.69) is 15.9 Å². The highest BCUT2D eigenvalue weighted by atomic mass is 79.9. The van der Waals surface area contributed by atoms with Gasteiger partial charge >= 0.3 is 6.00 Å². The number of halogens is 4. The highest BCUT2D eigenvalue weighted by molar-refractivity contribution is 9.10. The summed E-state index contributed by atoms with van der Waals surface area (Å²) in [7, 11) is 0. The average molecular weight is 290 g/mol. The zero-order chi connectivity index (χ0) is 8.48. The second-order valence-electron chi connectivity index (χ2n) is 2.01. The Morgan fingerprint density at radius 2 is 1.82 bits per heavy atom. The fourth-order valence-electron chi connectivity index (χ4n) is 0.665. The van der Waals surface area contributed by atoms with Crippen LogP contribution in [0.3, 0.4) is 0 Å². The largest absolute Gasteiger partial charge is 0.372 e. The molecule has 0 amide bonds. The van der Waals surface area contributed by atoms with Crippen LogP contribution in [0.25, 0.3) is 0 Å².